The number of carbonyl (C=O) groups excluding carboxylic acids is 1. The second-order valence-electron chi connectivity index (χ2n) is 7.59. The number of rotatable bonds is 7. The Kier molecular flexibility index (Phi) is 6.13. The Morgan fingerprint density at radius 3 is 2.55 bits per heavy atom. The summed E-state index contributed by atoms with van der Waals surface area (Å²) in [5, 5.41) is 4.19. The molecule has 4 aromatic rings. The highest BCUT2D eigenvalue weighted by Crippen LogP contribution is 2.22. The molecule has 156 valence electrons. The van der Waals surface area contributed by atoms with Gasteiger partial charge in [0.05, 0.1) is 11.4 Å². The van der Waals surface area contributed by atoms with Crippen LogP contribution in [0.2, 0.25) is 0 Å². The SMILES string of the molecule is CC(=Nc1ccccc1N)c1ccc(CNC(=O)CCc2c[nH]c3ccccc23)cc1. The van der Waals surface area contributed by atoms with E-state index in [4.69, 9.17) is 5.73 Å². The van der Waals surface area contributed by atoms with E-state index in [1.165, 1.54) is 10.9 Å². The third-order valence-corrected chi connectivity index (χ3v) is 5.38. The van der Waals surface area contributed by atoms with Crippen LogP contribution in [0.3, 0.4) is 0 Å². The maximum absolute atomic E-state index is 12.3. The monoisotopic (exact) mass is 410 g/mol. The lowest BCUT2D eigenvalue weighted by molar-refractivity contribution is -0.121. The summed E-state index contributed by atoms with van der Waals surface area (Å²) in [4.78, 5) is 20.2. The van der Waals surface area contributed by atoms with Gasteiger partial charge < -0.3 is 16.0 Å². The Balaban J connectivity index is 1.31. The topological polar surface area (TPSA) is 83.3 Å². The Labute approximate surface area is 182 Å². The molecule has 0 radical (unpaired) electrons. The van der Waals surface area contributed by atoms with E-state index in [2.05, 4.69) is 21.4 Å². The van der Waals surface area contributed by atoms with E-state index in [-0.39, 0.29) is 5.91 Å². The van der Waals surface area contributed by atoms with Crippen LogP contribution in [0, 0.1) is 0 Å². The van der Waals surface area contributed by atoms with Gasteiger partial charge in [-0.15, -0.1) is 0 Å². The third-order valence-electron chi connectivity index (χ3n) is 5.38. The van der Waals surface area contributed by atoms with Crippen molar-refractivity contribution in [1.82, 2.24) is 10.3 Å². The summed E-state index contributed by atoms with van der Waals surface area (Å²) in [5.41, 5.74) is 12.7. The average Bonchev–Trinajstić information content (AvgIpc) is 3.21. The number of aromatic nitrogens is 1. The van der Waals surface area contributed by atoms with Gasteiger partial charge in [-0.3, -0.25) is 9.79 Å². The second-order valence-corrected chi connectivity index (χ2v) is 7.59. The summed E-state index contributed by atoms with van der Waals surface area (Å²) < 4.78 is 0. The lowest BCUT2D eigenvalue weighted by Gasteiger charge is -2.07. The summed E-state index contributed by atoms with van der Waals surface area (Å²) in [7, 11) is 0. The number of amides is 1. The number of fused-ring (bicyclic) bond motifs is 1. The number of H-pyrrole nitrogens is 1. The highest BCUT2D eigenvalue weighted by atomic mass is 16.1. The molecular formula is C26H26N4O. The zero-order valence-corrected chi connectivity index (χ0v) is 17.6. The van der Waals surface area contributed by atoms with Crippen molar-refractivity contribution in [3.63, 3.8) is 0 Å². The van der Waals surface area contributed by atoms with Gasteiger partial charge >= 0.3 is 0 Å². The molecule has 1 heterocycles. The van der Waals surface area contributed by atoms with Crippen LogP contribution < -0.4 is 11.1 Å². The van der Waals surface area contributed by atoms with Crippen LogP contribution in [-0.4, -0.2) is 16.6 Å². The smallest absolute Gasteiger partial charge is 0.220 e. The van der Waals surface area contributed by atoms with E-state index >= 15 is 0 Å². The molecule has 5 heteroatoms. The summed E-state index contributed by atoms with van der Waals surface area (Å²) >= 11 is 0. The molecule has 0 spiro atoms. The molecule has 1 aromatic heterocycles. The molecule has 0 unspecified atom stereocenters. The van der Waals surface area contributed by atoms with Crippen molar-refractivity contribution in [2.75, 3.05) is 5.73 Å². The lowest BCUT2D eigenvalue weighted by Crippen LogP contribution is -2.23. The fraction of sp³-hybridized carbons (Fsp3) is 0.154. The van der Waals surface area contributed by atoms with Gasteiger partial charge in [0.1, 0.15) is 0 Å². The van der Waals surface area contributed by atoms with Gasteiger partial charge in [0.25, 0.3) is 0 Å². The fourth-order valence-corrected chi connectivity index (χ4v) is 3.57. The molecule has 4 rings (SSSR count). The number of aromatic amines is 1. The van der Waals surface area contributed by atoms with E-state index in [9.17, 15) is 4.79 Å². The van der Waals surface area contributed by atoms with Crippen LogP contribution in [-0.2, 0) is 17.8 Å². The zero-order chi connectivity index (χ0) is 21.6. The van der Waals surface area contributed by atoms with E-state index < -0.39 is 0 Å². The minimum absolute atomic E-state index is 0.0478. The first-order valence-electron chi connectivity index (χ1n) is 10.4. The van der Waals surface area contributed by atoms with Crippen molar-refractivity contribution < 1.29 is 4.79 Å². The van der Waals surface area contributed by atoms with Crippen LogP contribution in [0.25, 0.3) is 10.9 Å². The van der Waals surface area contributed by atoms with Crippen LogP contribution in [0.5, 0.6) is 0 Å². The molecule has 0 bridgehead atoms. The van der Waals surface area contributed by atoms with E-state index in [0.717, 1.165) is 28.0 Å². The average molecular weight is 411 g/mol. The molecule has 0 fully saturated rings. The van der Waals surface area contributed by atoms with Gasteiger partial charge in [0.2, 0.25) is 5.91 Å². The summed E-state index contributed by atoms with van der Waals surface area (Å²) in [6.45, 7) is 2.47. The van der Waals surface area contributed by atoms with Crippen molar-refractivity contribution in [2.24, 2.45) is 4.99 Å². The number of hydrogen-bond acceptors (Lipinski definition) is 3. The Bertz CT molecular complexity index is 1220. The standard InChI is InChI=1S/C26H26N4O/c1-18(30-25-9-5-3-7-23(25)27)20-12-10-19(11-13-20)16-29-26(31)15-14-21-17-28-24-8-4-2-6-22(21)24/h2-13,17,28H,14-16,27H2,1H3,(H,29,31). The molecule has 0 atom stereocenters. The fourth-order valence-electron chi connectivity index (χ4n) is 3.57. The number of para-hydroxylation sites is 3. The number of nitrogens with one attached hydrogen (secondary N) is 2. The Morgan fingerprint density at radius 2 is 1.74 bits per heavy atom. The summed E-state index contributed by atoms with van der Waals surface area (Å²) in [6, 6.07) is 23.8. The normalized spacial score (nSPS) is 11.6. The molecule has 0 saturated carbocycles. The molecule has 4 N–H and O–H groups in total. The number of nitrogens with two attached hydrogens (primary N) is 1. The highest BCUT2D eigenvalue weighted by Gasteiger charge is 2.07. The first-order chi connectivity index (χ1) is 15.1. The number of hydrogen-bond donors (Lipinski definition) is 3. The van der Waals surface area contributed by atoms with E-state index in [1.54, 1.807) is 0 Å². The van der Waals surface area contributed by atoms with Crippen LogP contribution in [0.1, 0.15) is 30.0 Å². The van der Waals surface area contributed by atoms with Crippen LogP contribution in [0.4, 0.5) is 11.4 Å². The molecule has 0 aliphatic heterocycles. The minimum Gasteiger partial charge on any atom is -0.397 e. The van der Waals surface area contributed by atoms with Gasteiger partial charge in [-0.1, -0.05) is 54.6 Å². The largest absolute Gasteiger partial charge is 0.397 e. The van der Waals surface area contributed by atoms with Gasteiger partial charge in [0.15, 0.2) is 0 Å². The van der Waals surface area contributed by atoms with Crippen molar-refractivity contribution >= 4 is 33.9 Å². The molecule has 3 aromatic carbocycles. The maximum Gasteiger partial charge on any atom is 0.220 e. The summed E-state index contributed by atoms with van der Waals surface area (Å²) in [6.07, 6.45) is 3.17. The van der Waals surface area contributed by atoms with Crippen LogP contribution in [0.15, 0.2) is 84.0 Å². The molecule has 0 aliphatic carbocycles. The van der Waals surface area contributed by atoms with Crippen molar-refractivity contribution in [1.29, 1.82) is 0 Å². The molecule has 5 nitrogen and oxygen atoms in total. The van der Waals surface area contributed by atoms with Crippen molar-refractivity contribution in [3.8, 4) is 0 Å². The van der Waals surface area contributed by atoms with E-state index in [0.29, 0.717) is 25.1 Å². The number of anilines is 1. The van der Waals surface area contributed by atoms with Gasteiger partial charge in [-0.25, -0.2) is 0 Å². The predicted octanol–water partition coefficient (Wildman–Crippen LogP) is 5.14. The van der Waals surface area contributed by atoms with E-state index in [1.807, 2.05) is 79.9 Å². The number of nitrogen functional groups attached to an aromatic ring is 1. The molecule has 0 saturated heterocycles. The first-order valence-corrected chi connectivity index (χ1v) is 10.4. The predicted molar refractivity (Wildman–Crippen MR) is 128 cm³/mol. The molecule has 0 aliphatic rings. The maximum atomic E-state index is 12.3. The zero-order valence-electron chi connectivity index (χ0n) is 17.6. The first kappa shape index (κ1) is 20.4. The third kappa shape index (κ3) is 5.01. The number of aliphatic imine (C=N–C) groups is 1. The van der Waals surface area contributed by atoms with Crippen molar-refractivity contribution in [2.45, 2.75) is 26.3 Å². The lowest BCUT2D eigenvalue weighted by atomic mass is 10.1. The molecule has 1 amide bonds. The Hall–Kier alpha value is -3.86. The number of benzene rings is 3. The number of aryl methyl sites for hydroxylation is 1. The minimum atomic E-state index is 0.0478. The molecule has 31 heavy (non-hydrogen) atoms. The molecular weight excluding hydrogens is 384 g/mol. The quantitative estimate of drug-likeness (QED) is 0.291. The number of nitrogens with zero attached hydrogens (tertiary/aromatic N) is 1. The van der Waals surface area contributed by atoms with Gasteiger partial charge in [0, 0.05) is 35.8 Å². The van der Waals surface area contributed by atoms with Gasteiger partial charge in [-0.2, -0.15) is 0 Å². The Morgan fingerprint density at radius 1 is 1.00 bits per heavy atom. The van der Waals surface area contributed by atoms with Gasteiger partial charge in [-0.05, 0) is 48.2 Å². The number of carbonyl (C=O) groups is 1. The van der Waals surface area contributed by atoms with Crippen LogP contribution >= 0.6 is 0 Å². The summed E-state index contributed by atoms with van der Waals surface area (Å²) in [5.74, 6) is 0.0478. The second kappa shape index (κ2) is 9.30. The highest BCUT2D eigenvalue weighted by molar-refractivity contribution is 6.00. The van der Waals surface area contributed by atoms with Crippen molar-refractivity contribution in [3.05, 3.63) is 95.7 Å².